The number of nitrogens with two attached hydrogens (primary N) is 1. The Balaban J connectivity index is 3.59. The van der Waals surface area contributed by atoms with E-state index in [9.17, 15) is 0 Å². The Labute approximate surface area is 77.1 Å². The van der Waals surface area contributed by atoms with Gasteiger partial charge >= 0.3 is 0 Å². The fraction of sp³-hybridized carbons (Fsp3) is 1.00. The van der Waals surface area contributed by atoms with Crippen LogP contribution >= 0.6 is 0 Å². The molecule has 0 saturated heterocycles. The van der Waals surface area contributed by atoms with Crippen molar-refractivity contribution in [2.24, 2.45) is 5.73 Å². The molecule has 2 atom stereocenters. The molecule has 2 unspecified atom stereocenters. The van der Waals surface area contributed by atoms with Crippen LogP contribution in [0.3, 0.4) is 0 Å². The van der Waals surface area contributed by atoms with Crippen molar-refractivity contribution in [2.45, 2.75) is 52.1 Å². The fourth-order valence-corrected chi connectivity index (χ4v) is 1.32. The molecule has 2 heteroatoms. The van der Waals surface area contributed by atoms with Gasteiger partial charge in [-0.15, -0.1) is 0 Å². The molecule has 12 heavy (non-hydrogen) atoms. The number of hydrogen-bond acceptors (Lipinski definition) is 2. The minimum absolute atomic E-state index is 0.356. The summed E-state index contributed by atoms with van der Waals surface area (Å²) < 4.78 is 0. The van der Waals surface area contributed by atoms with E-state index in [2.05, 4.69) is 32.7 Å². The first-order chi connectivity index (χ1) is 5.61. The van der Waals surface area contributed by atoms with Gasteiger partial charge in [0.15, 0.2) is 0 Å². The van der Waals surface area contributed by atoms with Crippen molar-refractivity contribution < 1.29 is 0 Å². The van der Waals surface area contributed by atoms with Crippen LogP contribution in [0.2, 0.25) is 0 Å². The lowest BCUT2D eigenvalue weighted by atomic mass is 10.1. The summed E-state index contributed by atoms with van der Waals surface area (Å²) in [7, 11) is 2.16. The van der Waals surface area contributed by atoms with Crippen molar-refractivity contribution in [1.82, 2.24) is 4.90 Å². The number of likely N-dealkylation sites (N-methyl/N-ethyl adjacent to an activating group) is 1. The van der Waals surface area contributed by atoms with Crippen molar-refractivity contribution >= 4 is 0 Å². The van der Waals surface area contributed by atoms with Gasteiger partial charge in [0.2, 0.25) is 0 Å². The van der Waals surface area contributed by atoms with Crippen LogP contribution < -0.4 is 5.73 Å². The van der Waals surface area contributed by atoms with Gasteiger partial charge in [0.25, 0.3) is 0 Å². The van der Waals surface area contributed by atoms with Crippen molar-refractivity contribution in [2.75, 3.05) is 13.6 Å². The second-order valence-corrected chi connectivity index (χ2v) is 3.75. The van der Waals surface area contributed by atoms with E-state index in [1.54, 1.807) is 0 Å². The van der Waals surface area contributed by atoms with Gasteiger partial charge in [-0.3, -0.25) is 0 Å². The molecule has 0 aliphatic rings. The highest BCUT2D eigenvalue weighted by atomic mass is 15.1. The van der Waals surface area contributed by atoms with E-state index in [0.29, 0.717) is 12.1 Å². The van der Waals surface area contributed by atoms with Crippen LogP contribution in [0.25, 0.3) is 0 Å². The summed E-state index contributed by atoms with van der Waals surface area (Å²) in [5, 5.41) is 0. The summed E-state index contributed by atoms with van der Waals surface area (Å²) in [6, 6.07) is 1.02. The molecule has 0 radical (unpaired) electrons. The summed E-state index contributed by atoms with van der Waals surface area (Å²) >= 11 is 0. The Morgan fingerprint density at radius 3 is 2.33 bits per heavy atom. The van der Waals surface area contributed by atoms with Crippen LogP contribution in [-0.2, 0) is 0 Å². The van der Waals surface area contributed by atoms with Gasteiger partial charge in [-0.25, -0.2) is 0 Å². The van der Waals surface area contributed by atoms with Crippen LogP contribution in [0.5, 0.6) is 0 Å². The normalized spacial score (nSPS) is 16.5. The van der Waals surface area contributed by atoms with Gasteiger partial charge < -0.3 is 10.6 Å². The van der Waals surface area contributed by atoms with E-state index < -0.39 is 0 Å². The number of rotatable bonds is 6. The molecule has 2 N–H and O–H groups in total. The first kappa shape index (κ1) is 11.9. The number of hydrogen-bond donors (Lipinski definition) is 1. The van der Waals surface area contributed by atoms with Crippen LogP contribution in [0, 0.1) is 0 Å². The summed E-state index contributed by atoms with van der Waals surface area (Å²) in [5.41, 5.74) is 5.94. The Morgan fingerprint density at radius 1 is 1.33 bits per heavy atom. The summed E-state index contributed by atoms with van der Waals surface area (Å²) in [6.45, 7) is 7.68. The molecule has 0 spiro atoms. The van der Waals surface area contributed by atoms with Gasteiger partial charge in [-0.2, -0.15) is 0 Å². The standard InChI is InChI=1S/C10H24N2/c1-5-7-10(11)8-12(4)9(3)6-2/h9-10H,5-8,11H2,1-4H3. The maximum atomic E-state index is 5.94. The molecule has 0 aliphatic carbocycles. The first-order valence-electron chi connectivity index (χ1n) is 5.07. The topological polar surface area (TPSA) is 29.3 Å². The van der Waals surface area contributed by atoms with Crippen LogP contribution in [0.4, 0.5) is 0 Å². The van der Waals surface area contributed by atoms with Crippen molar-refractivity contribution in [3.05, 3.63) is 0 Å². The molecule has 0 aromatic heterocycles. The van der Waals surface area contributed by atoms with E-state index in [-0.39, 0.29) is 0 Å². The third-order valence-electron chi connectivity index (χ3n) is 2.53. The lowest BCUT2D eigenvalue weighted by Gasteiger charge is -2.26. The van der Waals surface area contributed by atoms with Gasteiger partial charge in [-0.05, 0) is 26.8 Å². The molecule has 74 valence electrons. The largest absolute Gasteiger partial charge is 0.327 e. The molecule has 0 rings (SSSR count). The minimum Gasteiger partial charge on any atom is -0.327 e. The fourth-order valence-electron chi connectivity index (χ4n) is 1.32. The maximum absolute atomic E-state index is 5.94. The Bertz CT molecular complexity index is 104. The average molecular weight is 172 g/mol. The third kappa shape index (κ3) is 4.73. The zero-order valence-corrected chi connectivity index (χ0v) is 9.01. The van der Waals surface area contributed by atoms with Crippen LogP contribution in [0.15, 0.2) is 0 Å². The molecule has 0 saturated carbocycles. The highest BCUT2D eigenvalue weighted by Crippen LogP contribution is 2.02. The predicted molar refractivity (Wildman–Crippen MR) is 55.3 cm³/mol. The zero-order chi connectivity index (χ0) is 9.56. The molecule has 0 fully saturated rings. The lowest BCUT2D eigenvalue weighted by molar-refractivity contribution is 0.233. The number of nitrogens with zero attached hydrogens (tertiary/aromatic N) is 1. The van der Waals surface area contributed by atoms with E-state index in [1.165, 1.54) is 12.8 Å². The molecular weight excluding hydrogens is 148 g/mol. The average Bonchev–Trinajstić information content (AvgIpc) is 2.03. The van der Waals surface area contributed by atoms with Gasteiger partial charge in [-0.1, -0.05) is 20.3 Å². The highest BCUT2D eigenvalue weighted by molar-refractivity contribution is 4.69. The maximum Gasteiger partial charge on any atom is 0.0167 e. The second-order valence-electron chi connectivity index (χ2n) is 3.75. The molecular formula is C10H24N2. The Kier molecular flexibility index (Phi) is 6.39. The first-order valence-corrected chi connectivity index (χ1v) is 5.07. The smallest absolute Gasteiger partial charge is 0.0167 e. The molecule has 0 amide bonds. The summed E-state index contributed by atoms with van der Waals surface area (Å²) in [6.07, 6.45) is 3.53. The monoisotopic (exact) mass is 172 g/mol. The predicted octanol–water partition coefficient (Wildman–Crippen LogP) is 1.84. The van der Waals surface area contributed by atoms with Gasteiger partial charge in [0.1, 0.15) is 0 Å². The quantitative estimate of drug-likeness (QED) is 0.662. The third-order valence-corrected chi connectivity index (χ3v) is 2.53. The molecule has 0 aromatic carbocycles. The molecule has 0 bridgehead atoms. The SMILES string of the molecule is CCCC(N)CN(C)C(C)CC. The molecule has 0 aromatic rings. The second kappa shape index (κ2) is 6.44. The van der Waals surface area contributed by atoms with E-state index in [4.69, 9.17) is 5.73 Å². The van der Waals surface area contributed by atoms with E-state index in [1.807, 2.05) is 0 Å². The van der Waals surface area contributed by atoms with E-state index >= 15 is 0 Å². The minimum atomic E-state index is 0.356. The Hall–Kier alpha value is -0.0800. The summed E-state index contributed by atoms with van der Waals surface area (Å²) in [4.78, 5) is 2.35. The van der Waals surface area contributed by atoms with Crippen molar-refractivity contribution in [3.63, 3.8) is 0 Å². The highest BCUT2D eigenvalue weighted by Gasteiger charge is 2.09. The Morgan fingerprint density at radius 2 is 1.92 bits per heavy atom. The molecule has 2 nitrogen and oxygen atoms in total. The molecule has 0 heterocycles. The van der Waals surface area contributed by atoms with Crippen molar-refractivity contribution in [3.8, 4) is 0 Å². The van der Waals surface area contributed by atoms with Crippen LogP contribution in [-0.4, -0.2) is 30.6 Å². The van der Waals surface area contributed by atoms with Gasteiger partial charge in [0, 0.05) is 18.6 Å². The molecule has 0 aliphatic heterocycles. The van der Waals surface area contributed by atoms with Crippen molar-refractivity contribution in [1.29, 1.82) is 0 Å². The van der Waals surface area contributed by atoms with Gasteiger partial charge in [0.05, 0.1) is 0 Å². The van der Waals surface area contributed by atoms with Crippen LogP contribution in [0.1, 0.15) is 40.0 Å². The zero-order valence-electron chi connectivity index (χ0n) is 9.01. The van der Waals surface area contributed by atoms with E-state index in [0.717, 1.165) is 13.0 Å². The summed E-state index contributed by atoms with van der Waals surface area (Å²) in [5.74, 6) is 0. The lowest BCUT2D eigenvalue weighted by Crippen LogP contribution is -2.39.